The van der Waals surface area contributed by atoms with Crippen molar-refractivity contribution in [3.63, 3.8) is 0 Å². The topological polar surface area (TPSA) is 92.1 Å². The first-order valence-electron chi connectivity index (χ1n) is 6.19. The molecule has 0 aliphatic rings. The molecular formula is C14H15N3O3S. The summed E-state index contributed by atoms with van der Waals surface area (Å²) in [5, 5.41) is 3.54. The van der Waals surface area contributed by atoms with E-state index in [0.717, 1.165) is 0 Å². The lowest BCUT2D eigenvalue weighted by Gasteiger charge is -2.07. The Morgan fingerprint density at radius 1 is 1.43 bits per heavy atom. The lowest BCUT2D eigenvalue weighted by atomic mass is 10.1. The second-order valence-corrected chi connectivity index (χ2v) is 4.75. The smallest absolute Gasteiger partial charge is 0.341 e. The van der Waals surface area contributed by atoms with Crippen molar-refractivity contribution in [2.75, 3.05) is 18.6 Å². The van der Waals surface area contributed by atoms with Gasteiger partial charge in [-0.1, -0.05) is 29.4 Å². The van der Waals surface area contributed by atoms with E-state index < -0.39 is 5.97 Å². The van der Waals surface area contributed by atoms with Crippen LogP contribution in [0, 0.1) is 0 Å². The molecule has 0 saturated heterocycles. The minimum absolute atomic E-state index is 0.0493. The highest BCUT2D eigenvalue weighted by molar-refractivity contribution is 7.99. The zero-order chi connectivity index (χ0) is 15.7. The summed E-state index contributed by atoms with van der Waals surface area (Å²) in [6.07, 6.45) is 3.18. The van der Waals surface area contributed by atoms with Gasteiger partial charge in [0, 0.05) is 10.6 Å². The van der Waals surface area contributed by atoms with Crippen molar-refractivity contribution < 1.29 is 14.3 Å². The number of carbonyl (C=O) groups excluding carboxylic acids is 2. The Bertz CT molecular complexity index is 587. The Labute approximate surface area is 126 Å². The fourth-order valence-corrected chi connectivity index (χ4v) is 1.99. The van der Waals surface area contributed by atoms with Crippen molar-refractivity contribution in [2.45, 2.75) is 6.92 Å². The molecule has 7 heteroatoms. The summed E-state index contributed by atoms with van der Waals surface area (Å²) in [5.74, 6) is -0.821. The van der Waals surface area contributed by atoms with Gasteiger partial charge in [0.05, 0.1) is 12.4 Å². The third-order valence-electron chi connectivity index (χ3n) is 2.46. The predicted molar refractivity (Wildman–Crippen MR) is 83.2 cm³/mol. The Kier molecular flexibility index (Phi) is 7.08. The second kappa shape index (κ2) is 8.84. The Morgan fingerprint density at radius 3 is 2.76 bits per heavy atom. The van der Waals surface area contributed by atoms with Crippen LogP contribution < -0.4 is 0 Å². The van der Waals surface area contributed by atoms with Gasteiger partial charge in [0.1, 0.15) is 5.57 Å². The highest BCUT2D eigenvalue weighted by atomic mass is 32.2. The monoisotopic (exact) mass is 305 g/mol. The van der Waals surface area contributed by atoms with Crippen molar-refractivity contribution in [2.24, 2.45) is 5.11 Å². The van der Waals surface area contributed by atoms with Gasteiger partial charge >= 0.3 is 5.97 Å². The van der Waals surface area contributed by atoms with Gasteiger partial charge in [-0.15, -0.1) is 0 Å². The Morgan fingerprint density at radius 2 is 2.14 bits per heavy atom. The maximum Gasteiger partial charge on any atom is 0.341 e. The maximum atomic E-state index is 12.0. The molecule has 0 aliphatic carbocycles. The molecule has 0 N–H and O–H groups in total. The first-order valence-corrected chi connectivity index (χ1v) is 7.58. The molecule has 0 aliphatic heterocycles. The van der Waals surface area contributed by atoms with Crippen LogP contribution in [-0.2, 0) is 14.3 Å². The third-order valence-corrected chi connectivity index (χ3v) is 3.01. The molecule has 0 atom stereocenters. The number of nitrogens with zero attached hydrogens (tertiary/aromatic N) is 3. The highest BCUT2D eigenvalue weighted by Gasteiger charge is 2.19. The number of carbonyl (C=O) groups is 2. The van der Waals surface area contributed by atoms with Crippen LogP contribution >= 0.6 is 11.8 Å². The van der Waals surface area contributed by atoms with Gasteiger partial charge < -0.3 is 4.74 Å². The van der Waals surface area contributed by atoms with Crippen molar-refractivity contribution in [1.82, 2.24) is 0 Å². The van der Waals surface area contributed by atoms with Crippen molar-refractivity contribution in [1.29, 1.82) is 0 Å². The van der Waals surface area contributed by atoms with E-state index in [1.807, 2.05) is 0 Å². The van der Waals surface area contributed by atoms with Gasteiger partial charge in [0.15, 0.2) is 5.78 Å². The summed E-state index contributed by atoms with van der Waals surface area (Å²) >= 11 is 1.32. The molecule has 1 aromatic carbocycles. The second-order valence-electron chi connectivity index (χ2n) is 3.88. The molecule has 0 radical (unpaired) electrons. The van der Waals surface area contributed by atoms with E-state index in [1.165, 1.54) is 17.8 Å². The molecule has 21 heavy (non-hydrogen) atoms. The normalized spacial score (nSPS) is 10.7. The Hall–Kier alpha value is -2.24. The van der Waals surface area contributed by atoms with Crippen LogP contribution in [-0.4, -0.2) is 30.4 Å². The summed E-state index contributed by atoms with van der Waals surface area (Å²) in [4.78, 5) is 26.7. The number of benzene rings is 1. The molecule has 1 rings (SSSR count). The summed E-state index contributed by atoms with van der Waals surface area (Å²) < 4.78 is 4.90. The van der Waals surface area contributed by atoms with Gasteiger partial charge in [0.25, 0.3) is 0 Å². The molecule has 0 saturated carbocycles. The van der Waals surface area contributed by atoms with E-state index in [1.54, 1.807) is 37.4 Å². The number of rotatable bonds is 7. The fraction of sp³-hybridized carbons (Fsp3) is 0.286. The van der Waals surface area contributed by atoms with Gasteiger partial charge in [-0.25, -0.2) is 4.79 Å². The summed E-state index contributed by atoms with van der Waals surface area (Å²) in [7, 11) is 0. The molecule has 0 spiro atoms. The van der Waals surface area contributed by atoms with Crippen LogP contribution in [0.15, 0.2) is 35.0 Å². The first-order chi connectivity index (χ1) is 10.1. The third kappa shape index (κ3) is 4.98. The zero-order valence-corrected chi connectivity index (χ0v) is 12.6. The molecule has 6 nitrogen and oxygen atoms in total. The average molecular weight is 305 g/mol. The maximum absolute atomic E-state index is 12.0. The Balaban J connectivity index is 3.27. The standard InChI is InChI=1S/C14H15N3O3S/c1-3-20-14(19)11(13(18)9-21-2)8-10-6-4-5-7-12(10)16-17-15/h4-8H,3,9H2,1-2H3. The molecule has 110 valence electrons. The van der Waals surface area contributed by atoms with Gasteiger partial charge in [0.2, 0.25) is 0 Å². The number of azide groups is 1. The SMILES string of the molecule is CCOC(=O)C(=Cc1ccccc1N=[N+]=[N-])C(=O)CSC. The molecule has 0 bridgehead atoms. The molecule has 0 heterocycles. The summed E-state index contributed by atoms with van der Waals surface area (Å²) in [6, 6.07) is 6.70. The van der Waals surface area contributed by atoms with Crippen LogP contribution in [0.25, 0.3) is 16.5 Å². The lowest BCUT2D eigenvalue weighted by molar-refractivity contribution is -0.139. The van der Waals surface area contributed by atoms with E-state index in [2.05, 4.69) is 10.0 Å². The van der Waals surface area contributed by atoms with Gasteiger partial charge in [-0.05, 0) is 30.4 Å². The molecule has 0 aromatic heterocycles. The number of ether oxygens (including phenoxy) is 1. The van der Waals surface area contributed by atoms with E-state index in [0.29, 0.717) is 11.3 Å². The van der Waals surface area contributed by atoms with Gasteiger partial charge in [-0.3, -0.25) is 4.79 Å². The first kappa shape index (κ1) is 16.8. The van der Waals surface area contributed by atoms with Crippen LogP contribution in [0.5, 0.6) is 0 Å². The van der Waals surface area contributed by atoms with E-state index in [-0.39, 0.29) is 23.7 Å². The van der Waals surface area contributed by atoms with Crippen molar-refractivity contribution >= 4 is 35.3 Å². The van der Waals surface area contributed by atoms with Crippen molar-refractivity contribution in [3.05, 3.63) is 45.8 Å². The minimum Gasteiger partial charge on any atom is -0.462 e. The van der Waals surface area contributed by atoms with Crippen LogP contribution in [0.4, 0.5) is 5.69 Å². The number of hydrogen-bond donors (Lipinski definition) is 0. The van der Waals surface area contributed by atoms with Gasteiger partial charge in [-0.2, -0.15) is 11.8 Å². The fourth-order valence-electron chi connectivity index (χ4n) is 1.58. The molecule has 0 fully saturated rings. The zero-order valence-electron chi connectivity index (χ0n) is 11.8. The lowest BCUT2D eigenvalue weighted by Crippen LogP contribution is -2.17. The molecule has 0 unspecified atom stereocenters. The van der Waals surface area contributed by atoms with E-state index in [9.17, 15) is 9.59 Å². The van der Waals surface area contributed by atoms with E-state index in [4.69, 9.17) is 10.3 Å². The average Bonchev–Trinajstić information content (AvgIpc) is 2.47. The molecule has 0 amide bonds. The van der Waals surface area contributed by atoms with Crippen LogP contribution in [0.3, 0.4) is 0 Å². The number of ketones is 1. The van der Waals surface area contributed by atoms with E-state index >= 15 is 0 Å². The quantitative estimate of drug-likeness (QED) is 0.146. The highest BCUT2D eigenvalue weighted by Crippen LogP contribution is 2.22. The number of Topliss-reactive ketones (excluding diaryl/α,β-unsaturated/α-hetero) is 1. The summed E-state index contributed by atoms with van der Waals surface area (Å²) in [5.41, 5.74) is 9.33. The van der Waals surface area contributed by atoms with Crippen LogP contribution in [0.2, 0.25) is 0 Å². The number of thioether (sulfide) groups is 1. The number of esters is 1. The minimum atomic E-state index is -0.674. The molecule has 1 aromatic rings. The largest absolute Gasteiger partial charge is 0.462 e. The van der Waals surface area contributed by atoms with Crippen LogP contribution in [0.1, 0.15) is 12.5 Å². The van der Waals surface area contributed by atoms with Crippen molar-refractivity contribution in [3.8, 4) is 0 Å². The predicted octanol–water partition coefficient (Wildman–Crippen LogP) is 3.51. The number of hydrogen-bond acceptors (Lipinski definition) is 5. The summed E-state index contributed by atoms with van der Waals surface area (Å²) in [6.45, 7) is 1.85. The molecular weight excluding hydrogens is 290 g/mol.